The molecule has 3 aromatic heterocycles. The second kappa shape index (κ2) is 15.2. The van der Waals surface area contributed by atoms with Crippen molar-refractivity contribution in [3.8, 4) is 39.1 Å². The molecule has 4 heteroatoms. The largest absolute Gasteiger partial charge is 0.455 e. The molecule has 0 aliphatic carbocycles. The van der Waals surface area contributed by atoms with Gasteiger partial charge >= 0.3 is 0 Å². The minimum absolute atomic E-state index is 0.833. The fraction of sp³-hybridized carbons (Fsp3) is 0. The summed E-state index contributed by atoms with van der Waals surface area (Å²) in [6, 6.07) is 86.7. The van der Waals surface area contributed by atoms with Crippen molar-refractivity contribution in [1.29, 1.82) is 0 Å². The Morgan fingerprint density at radius 3 is 1.60 bits per heavy atom. The summed E-state index contributed by atoms with van der Waals surface area (Å²) in [6.07, 6.45) is 0. The van der Waals surface area contributed by atoms with Gasteiger partial charge in [0.05, 0.1) is 33.2 Å². The molecule has 0 saturated carbocycles. The first kappa shape index (κ1) is 38.2. The second-order valence-electron chi connectivity index (χ2n) is 17.6. The molecule has 14 rings (SSSR count). The SMILES string of the molecule is c1ccc(-c2ccc(N(c3ccc(-c4ccc5ccccc5c4)cc3)c3ccc(-c4cccc5c4c4ccccc4n5-c4ccccc4)c4oc5ccccc5c34)c3c2oc2ccccc23)cc1. The molecule has 0 amide bonds. The molecule has 0 aliphatic heterocycles. The number of aromatic nitrogens is 1. The van der Waals surface area contributed by atoms with E-state index in [1.807, 2.05) is 6.07 Å². The predicted octanol–water partition coefficient (Wildman–Crippen LogP) is 18.2. The number of hydrogen-bond acceptors (Lipinski definition) is 3. The van der Waals surface area contributed by atoms with Crippen LogP contribution < -0.4 is 4.90 Å². The third kappa shape index (κ3) is 5.87. The Bertz CT molecular complexity index is 4250. The second-order valence-corrected chi connectivity index (χ2v) is 17.6. The molecule has 4 nitrogen and oxygen atoms in total. The van der Waals surface area contributed by atoms with E-state index in [9.17, 15) is 0 Å². The van der Waals surface area contributed by atoms with E-state index < -0.39 is 0 Å². The first-order valence-corrected chi connectivity index (χ1v) is 23.2. The summed E-state index contributed by atoms with van der Waals surface area (Å²) in [5, 5.41) is 9.01. The zero-order valence-electron chi connectivity index (χ0n) is 36.8. The maximum Gasteiger partial charge on any atom is 0.145 e. The van der Waals surface area contributed by atoms with Crippen molar-refractivity contribution in [2.75, 3.05) is 4.90 Å². The van der Waals surface area contributed by atoms with E-state index in [1.54, 1.807) is 0 Å². The molecule has 11 aromatic carbocycles. The average Bonchev–Trinajstić information content (AvgIpc) is 4.10. The van der Waals surface area contributed by atoms with Gasteiger partial charge in [0, 0.05) is 44.0 Å². The summed E-state index contributed by atoms with van der Waals surface area (Å²) in [4.78, 5) is 2.42. The lowest BCUT2D eigenvalue weighted by atomic mass is 9.95. The van der Waals surface area contributed by atoms with Crippen molar-refractivity contribution < 1.29 is 8.83 Å². The van der Waals surface area contributed by atoms with E-state index in [0.29, 0.717) is 0 Å². The van der Waals surface area contributed by atoms with Crippen LogP contribution in [0.2, 0.25) is 0 Å². The van der Waals surface area contributed by atoms with Gasteiger partial charge in [0.1, 0.15) is 22.3 Å². The molecule has 0 N–H and O–H groups in total. The zero-order valence-corrected chi connectivity index (χ0v) is 36.8. The molecule has 68 heavy (non-hydrogen) atoms. The molecule has 0 unspecified atom stereocenters. The Morgan fingerprint density at radius 1 is 0.324 bits per heavy atom. The van der Waals surface area contributed by atoms with Gasteiger partial charge in [0.2, 0.25) is 0 Å². The molecule has 0 bridgehead atoms. The molecule has 0 fully saturated rings. The van der Waals surface area contributed by atoms with E-state index in [2.05, 4.69) is 246 Å². The highest BCUT2D eigenvalue weighted by atomic mass is 16.3. The highest BCUT2D eigenvalue weighted by Gasteiger charge is 2.27. The predicted molar refractivity (Wildman–Crippen MR) is 284 cm³/mol. The molecular formula is C64H40N2O2. The normalized spacial score (nSPS) is 11.8. The number of rotatable bonds is 7. The fourth-order valence-corrected chi connectivity index (χ4v) is 10.7. The van der Waals surface area contributed by atoms with Gasteiger partial charge in [-0.3, -0.25) is 0 Å². The van der Waals surface area contributed by atoms with Gasteiger partial charge in [-0.2, -0.15) is 0 Å². The molecule has 0 radical (unpaired) electrons. The number of nitrogens with zero attached hydrogens (tertiary/aromatic N) is 2. The van der Waals surface area contributed by atoms with Crippen molar-refractivity contribution in [2.45, 2.75) is 0 Å². The van der Waals surface area contributed by atoms with Gasteiger partial charge < -0.3 is 18.3 Å². The average molecular weight is 869 g/mol. The van der Waals surface area contributed by atoms with Crippen molar-refractivity contribution in [3.05, 3.63) is 243 Å². The summed E-state index contributed by atoms with van der Waals surface area (Å²) < 4.78 is 16.4. The van der Waals surface area contributed by atoms with Crippen molar-refractivity contribution in [2.24, 2.45) is 0 Å². The van der Waals surface area contributed by atoms with Gasteiger partial charge in [0.15, 0.2) is 0 Å². The summed E-state index contributed by atoms with van der Waals surface area (Å²) in [5.74, 6) is 0. The number of benzene rings is 11. The van der Waals surface area contributed by atoms with E-state index >= 15 is 0 Å². The van der Waals surface area contributed by atoms with Crippen LogP contribution in [-0.2, 0) is 0 Å². The lowest BCUT2D eigenvalue weighted by Gasteiger charge is -2.28. The summed E-state index contributed by atoms with van der Waals surface area (Å²) in [6.45, 7) is 0. The minimum Gasteiger partial charge on any atom is -0.455 e. The van der Waals surface area contributed by atoms with E-state index in [4.69, 9.17) is 8.83 Å². The number of para-hydroxylation sites is 4. The lowest BCUT2D eigenvalue weighted by Crippen LogP contribution is -2.11. The standard InChI is InChI=1S/C64H40N2O2/c1-3-17-43(18-4-1)48-36-38-56(61-52-23-10-13-28-58(52)67-63(48)61)66(47-34-32-42(33-35-47)45-31-30-41-16-7-8-19-44(41)40-45)57-39-37-50(64-62(57)53-24-11-14-29-59(53)68-64)49-25-15-27-55-60(49)51-22-9-12-26-54(51)65(55)46-20-5-2-6-21-46/h1-40H. The first-order chi connectivity index (χ1) is 33.7. The Hall–Kier alpha value is -9.12. The molecule has 14 aromatic rings. The van der Waals surface area contributed by atoms with Crippen molar-refractivity contribution >= 4 is 93.5 Å². The van der Waals surface area contributed by atoms with Crippen LogP contribution in [0.1, 0.15) is 0 Å². The van der Waals surface area contributed by atoms with Gasteiger partial charge in [-0.05, 0) is 112 Å². The van der Waals surface area contributed by atoms with Crippen LogP contribution in [0.4, 0.5) is 17.1 Å². The number of fused-ring (bicyclic) bond motifs is 10. The molecular weight excluding hydrogens is 829 g/mol. The Kier molecular flexibility index (Phi) is 8.55. The van der Waals surface area contributed by atoms with Gasteiger partial charge in [-0.15, -0.1) is 0 Å². The fourth-order valence-electron chi connectivity index (χ4n) is 10.7. The summed E-state index contributed by atoms with van der Waals surface area (Å²) in [7, 11) is 0. The maximum atomic E-state index is 7.13. The van der Waals surface area contributed by atoms with Crippen LogP contribution >= 0.6 is 0 Å². The number of anilines is 3. The highest BCUT2D eigenvalue weighted by Crippen LogP contribution is 2.51. The third-order valence-electron chi connectivity index (χ3n) is 13.8. The van der Waals surface area contributed by atoms with E-state index in [-0.39, 0.29) is 0 Å². The topological polar surface area (TPSA) is 34.5 Å². The van der Waals surface area contributed by atoms with Crippen LogP contribution in [0, 0.1) is 0 Å². The smallest absolute Gasteiger partial charge is 0.145 e. The monoisotopic (exact) mass is 868 g/mol. The molecule has 0 spiro atoms. The summed E-state index contributed by atoms with van der Waals surface area (Å²) >= 11 is 0. The molecule has 0 atom stereocenters. The minimum atomic E-state index is 0.833. The van der Waals surface area contributed by atoms with Crippen LogP contribution in [0.25, 0.3) is 116 Å². The van der Waals surface area contributed by atoms with Crippen LogP contribution in [0.15, 0.2) is 251 Å². The van der Waals surface area contributed by atoms with Crippen LogP contribution in [-0.4, -0.2) is 4.57 Å². The maximum absolute atomic E-state index is 7.13. The molecule has 0 aliphatic rings. The Labute approximate surface area is 391 Å². The quantitative estimate of drug-likeness (QED) is 0.160. The number of hydrogen-bond donors (Lipinski definition) is 0. The van der Waals surface area contributed by atoms with Crippen LogP contribution in [0.3, 0.4) is 0 Å². The van der Waals surface area contributed by atoms with Crippen molar-refractivity contribution in [3.63, 3.8) is 0 Å². The number of furan rings is 2. The molecule has 318 valence electrons. The zero-order chi connectivity index (χ0) is 44.7. The van der Waals surface area contributed by atoms with Crippen LogP contribution in [0.5, 0.6) is 0 Å². The van der Waals surface area contributed by atoms with E-state index in [1.165, 1.54) is 27.1 Å². The van der Waals surface area contributed by atoms with E-state index in [0.717, 1.165) is 105 Å². The summed E-state index contributed by atoms with van der Waals surface area (Å²) in [5.41, 5.74) is 16.4. The molecule has 0 saturated heterocycles. The van der Waals surface area contributed by atoms with Gasteiger partial charge in [-0.25, -0.2) is 0 Å². The first-order valence-electron chi connectivity index (χ1n) is 23.2. The highest BCUT2D eigenvalue weighted by molar-refractivity contribution is 6.24. The Balaban J connectivity index is 1.05. The lowest BCUT2D eigenvalue weighted by molar-refractivity contribution is 0.670. The third-order valence-corrected chi connectivity index (χ3v) is 13.8. The van der Waals surface area contributed by atoms with Gasteiger partial charge in [-0.1, -0.05) is 164 Å². The Morgan fingerprint density at radius 2 is 0.882 bits per heavy atom. The molecule has 3 heterocycles. The van der Waals surface area contributed by atoms with Gasteiger partial charge in [0.25, 0.3) is 0 Å². The van der Waals surface area contributed by atoms with Crippen molar-refractivity contribution in [1.82, 2.24) is 4.57 Å².